The van der Waals surface area contributed by atoms with Gasteiger partial charge in [-0.3, -0.25) is 0 Å². The summed E-state index contributed by atoms with van der Waals surface area (Å²) in [6, 6.07) is 3.67. The van der Waals surface area contributed by atoms with Crippen molar-refractivity contribution in [1.29, 1.82) is 0 Å². The summed E-state index contributed by atoms with van der Waals surface area (Å²) in [5, 5.41) is 3.35. The average Bonchev–Trinajstić information content (AvgIpc) is 2.43. The molecule has 1 rings (SSSR count). The Morgan fingerprint density at radius 2 is 1.95 bits per heavy atom. The van der Waals surface area contributed by atoms with Crippen LogP contribution >= 0.6 is 0 Å². The van der Waals surface area contributed by atoms with Gasteiger partial charge in [-0.05, 0) is 25.0 Å². The third kappa shape index (κ3) is 6.54. The van der Waals surface area contributed by atoms with Crippen LogP contribution < -0.4 is 10.0 Å². The summed E-state index contributed by atoms with van der Waals surface area (Å²) in [7, 11) is -3.52. The number of nitrogens with one attached hydrogen (secondary N) is 2. The monoisotopic (exact) mass is 313 g/mol. The topological polar surface area (TPSA) is 71.1 Å². The molecule has 0 aliphatic heterocycles. The van der Waals surface area contributed by atoms with Crippen molar-refractivity contribution in [2.45, 2.75) is 70.6 Å². The van der Waals surface area contributed by atoms with Crippen molar-refractivity contribution in [3.8, 4) is 0 Å². The van der Waals surface area contributed by atoms with Crippen molar-refractivity contribution >= 4 is 10.0 Å². The van der Waals surface area contributed by atoms with Crippen LogP contribution in [0.25, 0.3) is 0 Å². The minimum Gasteiger partial charge on any atom is -0.310 e. The highest BCUT2D eigenvalue weighted by atomic mass is 32.2. The summed E-state index contributed by atoms with van der Waals surface area (Å²) < 4.78 is 27.1. The summed E-state index contributed by atoms with van der Waals surface area (Å²) in [6.45, 7) is 8.79. The lowest BCUT2D eigenvalue weighted by molar-refractivity contribution is 0.531. The Hall–Kier alpha value is -0.980. The third-order valence-electron chi connectivity index (χ3n) is 3.13. The number of nitrogens with zero attached hydrogens (tertiary/aromatic N) is 1. The minimum absolute atomic E-state index is 0.0703. The minimum atomic E-state index is -3.52. The maximum absolute atomic E-state index is 12.2. The van der Waals surface area contributed by atoms with E-state index in [1.807, 2.05) is 6.92 Å². The van der Waals surface area contributed by atoms with Gasteiger partial charge in [0, 0.05) is 24.8 Å². The highest BCUT2D eigenvalue weighted by Gasteiger charge is 2.18. The van der Waals surface area contributed by atoms with E-state index < -0.39 is 10.0 Å². The first kappa shape index (κ1) is 18.1. The maximum atomic E-state index is 12.2. The molecule has 0 bridgehead atoms. The van der Waals surface area contributed by atoms with Crippen molar-refractivity contribution in [3.63, 3.8) is 0 Å². The van der Waals surface area contributed by atoms with Gasteiger partial charge in [0.2, 0.25) is 0 Å². The number of pyridine rings is 1. The standard InChI is InChI=1S/C15H27N3O2S/c1-5-6-7-13(4)18-21(19,20)15-9-8-14(11-17-15)10-16-12(2)3/h8-9,11-13,16,18H,5-7,10H2,1-4H3. The number of aromatic nitrogens is 1. The van der Waals surface area contributed by atoms with Crippen LogP contribution in [0.3, 0.4) is 0 Å². The summed E-state index contributed by atoms with van der Waals surface area (Å²) in [6.07, 6.45) is 4.52. The Bertz CT molecular complexity index is 512. The van der Waals surface area contributed by atoms with Crippen LogP contribution in [0.15, 0.2) is 23.4 Å². The Labute approximate surface area is 128 Å². The number of rotatable bonds is 9. The quantitative estimate of drug-likeness (QED) is 0.734. The van der Waals surface area contributed by atoms with Crippen molar-refractivity contribution < 1.29 is 8.42 Å². The zero-order chi connectivity index (χ0) is 15.9. The molecule has 0 fully saturated rings. The highest BCUT2D eigenvalue weighted by Crippen LogP contribution is 2.09. The number of hydrogen-bond acceptors (Lipinski definition) is 4. The molecule has 0 radical (unpaired) electrons. The van der Waals surface area contributed by atoms with Crippen LogP contribution in [0.2, 0.25) is 0 Å². The van der Waals surface area contributed by atoms with Crippen LogP contribution in [-0.4, -0.2) is 25.5 Å². The van der Waals surface area contributed by atoms with Gasteiger partial charge in [-0.1, -0.05) is 39.7 Å². The lowest BCUT2D eigenvalue weighted by Gasteiger charge is -2.13. The first-order chi connectivity index (χ1) is 9.85. The molecule has 1 unspecified atom stereocenters. The second kappa shape index (κ2) is 8.46. The third-order valence-corrected chi connectivity index (χ3v) is 4.64. The Morgan fingerprint density at radius 3 is 2.48 bits per heavy atom. The van der Waals surface area contributed by atoms with Gasteiger partial charge in [-0.2, -0.15) is 0 Å². The molecular formula is C15H27N3O2S. The van der Waals surface area contributed by atoms with Gasteiger partial charge < -0.3 is 5.32 Å². The Balaban J connectivity index is 2.66. The summed E-state index contributed by atoms with van der Waals surface area (Å²) >= 11 is 0. The van der Waals surface area contributed by atoms with E-state index in [4.69, 9.17) is 0 Å². The van der Waals surface area contributed by atoms with Gasteiger partial charge in [-0.15, -0.1) is 0 Å². The first-order valence-electron chi connectivity index (χ1n) is 7.55. The molecule has 21 heavy (non-hydrogen) atoms. The molecule has 120 valence electrons. The van der Waals surface area contributed by atoms with Crippen molar-refractivity contribution in [1.82, 2.24) is 15.0 Å². The molecule has 0 spiro atoms. The molecule has 0 saturated carbocycles. The molecule has 6 heteroatoms. The van der Waals surface area contributed by atoms with Gasteiger partial charge >= 0.3 is 0 Å². The molecule has 1 aromatic rings. The molecule has 0 aliphatic rings. The van der Waals surface area contributed by atoms with Gasteiger partial charge in [0.1, 0.15) is 0 Å². The lowest BCUT2D eigenvalue weighted by Crippen LogP contribution is -2.33. The van der Waals surface area contributed by atoms with Crippen LogP contribution in [0.5, 0.6) is 0 Å². The van der Waals surface area contributed by atoms with E-state index in [9.17, 15) is 8.42 Å². The Kier molecular flexibility index (Phi) is 7.28. The van der Waals surface area contributed by atoms with E-state index in [1.165, 1.54) is 0 Å². The zero-order valence-electron chi connectivity index (χ0n) is 13.4. The highest BCUT2D eigenvalue weighted by molar-refractivity contribution is 7.89. The largest absolute Gasteiger partial charge is 0.310 e. The SMILES string of the molecule is CCCCC(C)NS(=O)(=O)c1ccc(CNC(C)C)cn1. The van der Waals surface area contributed by atoms with Crippen molar-refractivity contribution in [2.75, 3.05) is 0 Å². The van der Waals surface area contributed by atoms with Gasteiger partial charge in [0.15, 0.2) is 5.03 Å². The molecule has 1 aromatic heterocycles. The van der Waals surface area contributed by atoms with E-state index in [2.05, 4.69) is 35.8 Å². The van der Waals surface area contributed by atoms with E-state index >= 15 is 0 Å². The van der Waals surface area contributed by atoms with Gasteiger partial charge in [-0.25, -0.2) is 18.1 Å². The molecule has 1 heterocycles. The van der Waals surface area contributed by atoms with Gasteiger partial charge in [0.25, 0.3) is 10.0 Å². The van der Waals surface area contributed by atoms with Crippen LogP contribution in [-0.2, 0) is 16.6 Å². The lowest BCUT2D eigenvalue weighted by atomic mass is 10.2. The second-order valence-corrected chi connectivity index (χ2v) is 7.37. The zero-order valence-corrected chi connectivity index (χ0v) is 14.2. The Morgan fingerprint density at radius 1 is 1.24 bits per heavy atom. The van der Waals surface area contributed by atoms with Gasteiger partial charge in [0.05, 0.1) is 0 Å². The molecule has 5 nitrogen and oxygen atoms in total. The summed E-state index contributed by atoms with van der Waals surface area (Å²) in [5.41, 5.74) is 0.974. The normalized spacial score (nSPS) is 13.6. The fourth-order valence-corrected chi connectivity index (χ4v) is 3.10. The molecule has 0 aliphatic carbocycles. The molecular weight excluding hydrogens is 286 g/mol. The van der Waals surface area contributed by atoms with Crippen LogP contribution in [0.4, 0.5) is 0 Å². The number of hydrogen-bond donors (Lipinski definition) is 2. The number of sulfonamides is 1. The smallest absolute Gasteiger partial charge is 0.258 e. The fourth-order valence-electron chi connectivity index (χ4n) is 1.89. The molecule has 0 amide bonds. The second-order valence-electron chi connectivity index (χ2n) is 5.70. The maximum Gasteiger partial charge on any atom is 0.258 e. The van der Waals surface area contributed by atoms with Crippen LogP contribution in [0.1, 0.15) is 52.5 Å². The van der Waals surface area contributed by atoms with E-state index in [-0.39, 0.29) is 11.1 Å². The van der Waals surface area contributed by atoms with E-state index in [0.29, 0.717) is 12.6 Å². The molecule has 2 N–H and O–H groups in total. The van der Waals surface area contributed by atoms with E-state index in [1.54, 1.807) is 18.3 Å². The van der Waals surface area contributed by atoms with Crippen molar-refractivity contribution in [3.05, 3.63) is 23.9 Å². The van der Waals surface area contributed by atoms with Crippen LogP contribution in [0, 0.1) is 0 Å². The number of unbranched alkanes of at least 4 members (excludes halogenated alkanes) is 1. The summed E-state index contributed by atoms with van der Waals surface area (Å²) in [5.74, 6) is 0. The first-order valence-corrected chi connectivity index (χ1v) is 9.04. The molecule has 1 atom stereocenters. The molecule has 0 saturated heterocycles. The summed E-state index contributed by atoms with van der Waals surface area (Å²) in [4.78, 5) is 4.07. The van der Waals surface area contributed by atoms with E-state index in [0.717, 1.165) is 24.8 Å². The molecule has 0 aromatic carbocycles. The fraction of sp³-hybridized carbons (Fsp3) is 0.667. The average molecular weight is 313 g/mol. The predicted octanol–water partition coefficient (Wildman–Crippen LogP) is 2.44. The predicted molar refractivity (Wildman–Crippen MR) is 85.5 cm³/mol. The van der Waals surface area contributed by atoms with Crippen molar-refractivity contribution in [2.24, 2.45) is 0 Å².